The molecule has 0 aromatic heterocycles. The first kappa shape index (κ1) is 26.4. The second-order valence-electron chi connectivity index (χ2n) is 9.54. The fourth-order valence-electron chi connectivity index (χ4n) is 3.68. The summed E-state index contributed by atoms with van der Waals surface area (Å²) < 4.78 is 17.3. The first-order valence-corrected chi connectivity index (χ1v) is 13.0. The average molecular weight is 518 g/mol. The zero-order valence-electron chi connectivity index (χ0n) is 21.3. The molecule has 0 spiro atoms. The fourth-order valence-corrected chi connectivity index (χ4v) is 4.54. The number of nitrogens with zero attached hydrogens (tertiary/aromatic N) is 1. The lowest BCUT2D eigenvalue weighted by molar-refractivity contribution is -0.123. The van der Waals surface area contributed by atoms with E-state index in [-0.39, 0.29) is 29.7 Å². The largest absolute Gasteiger partial charge is 0.492 e. The fraction of sp³-hybridized carbons (Fsp3) is 0.267. The smallest absolute Gasteiger partial charge is 0.293 e. The first-order valence-electron chi connectivity index (χ1n) is 12.2. The van der Waals surface area contributed by atoms with Crippen molar-refractivity contribution >= 4 is 29.0 Å². The Hall–Kier alpha value is -3.71. The van der Waals surface area contributed by atoms with Crippen LogP contribution < -0.4 is 14.2 Å². The summed E-state index contributed by atoms with van der Waals surface area (Å²) in [6.07, 6.45) is 1.71. The Morgan fingerprint density at radius 3 is 2.08 bits per heavy atom. The van der Waals surface area contributed by atoms with Crippen molar-refractivity contribution in [2.24, 2.45) is 0 Å². The van der Waals surface area contributed by atoms with Gasteiger partial charge in [-0.15, -0.1) is 0 Å². The number of thioether (sulfide) groups is 1. The first-order chi connectivity index (χ1) is 17.8. The van der Waals surface area contributed by atoms with Crippen molar-refractivity contribution in [3.05, 3.63) is 94.9 Å². The number of rotatable bonds is 10. The molecule has 0 bridgehead atoms. The maximum Gasteiger partial charge on any atom is 0.293 e. The Bertz CT molecular complexity index is 1250. The number of imide groups is 1. The molecular weight excluding hydrogens is 486 g/mol. The van der Waals surface area contributed by atoms with Crippen molar-refractivity contribution in [2.75, 3.05) is 26.4 Å². The zero-order chi connectivity index (χ0) is 26.3. The van der Waals surface area contributed by atoms with E-state index in [1.807, 2.05) is 66.7 Å². The molecule has 1 saturated heterocycles. The van der Waals surface area contributed by atoms with Crippen LogP contribution in [-0.2, 0) is 10.2 Å². The van der Waals surface area contributed by atoms with Crippen molar-refractivity contribution in [2.45, 2.75) is 26.2 Å². The predicted molar refractivity (Wildman–Crippen MR) is 147 cm³/mol. The van der Waals surface area contributed by atoms with Crippen molar-refractivity contribution in [3.63, 3.8) is 0 Å². The molecule has 3 aromatic carbocycles. The van der Waals surface area contributed by atoms with Gasteiger partial charge in [0.05, 0.1) is 11.4 Å². The van der Waals surface area contributed by atoms with Gasteiger partial charge < -0.3 is 14.2 Å². The minimum atomic E-state index is -0.316. The number of amides is 2. The van der Waals surface area contributed by atoms with Gasteiger partial charge in [-0.05, 0) is 70.8 Å². The van der Waals surface area contributed by atoms with Gasteiger partial charge in [0, 0.05) is 0 Å². The lowest BCUT2D eigenvalue weighted by Crippen LogP contribution is -2.32. The number of benzene rings is 3. The van der Waals surface area contributed by atoms with Crippen molar-refractivity contribution in [3.8, 4) is 17.2 Å². The van der Waals surface area contributed by atoms with Gasteiger partial charge in [0.2, 0.25) is 0 Å². The molecule has 192 valence electrons. The Balaban J connectivity index is 1.27. The molecule has 37 heavy (non-hydrogen) atoms. The lowest BCUT2D eigenvalue weighted by atomic mass is 9.87. The number of carbonyl (C=O) groups excluding carboxylic acids is 2. The van der Waals surface area contributed by atoms with Gasteiger partial charge in [0.25, 0.3) is 11.1 Å². The molecule has 3 aromatic rings. The van der Waals surface area contributed by atoms with Crippen LogP contribution in [0.25, 0.3) is 6.08 Å². The highest BCUT2D eigenvalue weighted by atomic mass is 32.2. The lowest BCUT2D eigenvalue weighted by Gasteiger charge is -2.19. The van der Waals surface area contributed by atoms with Gasteiger partial charge in [-0.2, -0.15) is 0 Å². The molecule has 4 rings (SSSR count). The molecule has 7 heteroatoms. The van der Waals surface area contributed by atoms with E-state index >= 15 is 0 Å². The van der Waals surface area contributed by atoms with Crippen LogP contribution in [0.3, 0.4) is 0 Å². The number of para-hydroxylation sites is 1. The highest BCUT2D eigenvalue weighted by Gasteiger charge is 2.34. The molecule has 0 aliphatic carbocycles. The van der Waals surface area contributed by atoms with Gasteiger partial charge in [0.15, 0.2) is 0 Å². The monoisotopic (exact) mass is 517 g/mol. The Kier molecular flexibility index (Phi) is 8.56. The number of hydrogen-bond donors (Lipinski definition) is 0. The molecule has 1 heterocycles. The van der Waals surface area contributed by atoms with Crippen molar-refractivity contribution in [1.29, 1.82) is 0 Å². The van der Waals surface area contributed by atoms with E-state index in [1.54, 1.807) is 6.08 Å². The summed E-state index contributed by atoms with van der Waals surface area (Å²) >= 11 is 0.932. The molecule has 1 fully saturated rings. The van der Waals surface area contributed by atoms with Crippen LogP contribution in [0.5, 0.6) is 17.2 Å². The van der Waals surface area contributed by atoms with Gasteiger partial charge in [-0.25, -0.2) is 0 Å². The summed E-state index contributed by atoms with van der Waals surface area (Å²) in [6, 6.07) is 24.8. The molecule has 0 radical (unpaired) electrons. The normalized spacial score (nSPS) is 14.8. The predicted octanol–water partition coefficient (Wildman–Crippen LogP) is 6.56. The maximum absolute atomic E-state index is 12.8. The second-order valence-corrected chi connectivity index (χ2v) is 10.5. The van der Waals surface area contributed by atoms with E-state index in [0.29, 0.717) is 29.6 Å². The third-order valence-electron chi connectivity index (χ3n) is 5.70. The SMILES string of the molecule is CC(C)(C)c1ccc(OCCOc2cccc(/C=C3\SC(=O)N(CCOc4ccccc4)C3=O)c2)cc1. The molecule has 1 aliphatic rings. The molecular formula is C30H31NO5S. The minimum Gasteiger partial charge on any atom is -0.492 e. The van der Waals surface area contributed by atoms with Crippen LogP contribution in [-0.4, -0.2) is 42.4 Å². The summed E-state index contributed by atoms with van der Waals surface area (Å²) in [5.41, 5.74) is 2.14. The van der Waals surface area contributed by atoms with Gasteiger partial charge in [-0.3, -0.25) is 14.5 Å². The van der Waals surface area contributed by atoms with E-state index in [0.717, 1.165) is 23.1 Å². The highest BCUT2D eigenvalue weighted by molar-refractivity contribution is 8.18. The third-order valence-corrected chi connectivity index (χ3v) is 6.60. The Labute approximate surface area is 222 Å². The summed E-state index contributed by atoms with van der Waals surface area (Å²) in [5.74, 6) is 1.85. The Morgan fingerprint density at radius 2 is 1.38 bits per heavy atom. The van der Waals surface area contributed by atoms with Crippen LogP contribution in [0.1, 0.15) is 31.9 Å². The molecule has 6 nitrogen and oxygen atoms in total. The molecule has 0 unspecified atom stereocenters. The van der Waals surface area contributed by atoms with Gasteiger partial charge in [0.1, 0.15) is 37.1 Å². The van der Waals surface area contributed by atoms with E-state index in [2.05, 4.69) is 32.9 Å². The van der Waals surface area contributed by atoms with E-state index in [4.69, 9.17) is 14.2 Å². The van der Waals surface area contributed by atoms with Crippen LogP contribution in [0.15, 0.2) is 83.8 Å². The number of hydrogen-bond acceptors (Lipinski definition) is 6. The molecule has 0 atom stereocenters. The molecule has 2 amide bonds. The quantitative estimate of drug-likeness (QED) is 0.224. The highest BCUT2D eigenvalue weighted by Crippen LogP contribution is 2.32. The molecule has 0 saturated carbocycles. The maximum atomic E-state index is 12.8. The number of ether oxygens (including phenoxy) is 3. The summed E-state index contributed by atoms with van der Waals surface area (Å²) in [6.45, 7) is 7.75. The summed E-state index contributed by atoms with van der Waals surface area (Å²) in [5, 5.41) is -0.298. The zero-order valence-corrected chi connectivity index (χ0v) is 22.1. The van der Waals surface area contributed by atoms with Crippen LogP contribution in [0, 0.1) is 0 Å². The average Bonchev–Trinajstić information content (AvgIpc) is 3.14. The standard InChI is InChI=1S/C30H31NO5S/c1-30(2,3)23-12-14-25(15-13-23)35-18-19-36-26-11-7-8-22(20-26)21-27-28(32)31(29(33)37-27)16-17-34-24-9-5-4-6-10-24/h4-15,20-21H,16-19H2,1-3H3/b27-21-. The summed E-state index contributed by atoms with van der Waals surface area (Å²) in [4.78, 5) is 26.8. The minimum absolute atomic E-state index is 0.103. The third kappa shape index (κ3) is 7.40. The topological polar surface area (TPSA) is 65.1 Å². The van der Waals surface area contributed by atoms with E-state index in [9.17, 15) is 9.59 Å². The van der Waals surface area contributed by atoms with Gasteiger partial charge in [-0.1, -0.05) is 63.2 Å². The second kappa shape index (κ2) is 12.0. The van der Waals surface area contributed by atoms with Crippen LogP contribution >= 0.6 is 11.8 Å². The van der Waals surface area contributed by atoms with Gasteiger partial charge >= 0.3 is 0 Å². The number of carbonyl (C=O) groups is 2. The Morgan fingerprint density at radius 1 is 0.757 bits per heavy atom. The van der Waals surface area contributed by atoms with Crippen LogP contribution in [0.2, 0.25) is 0 Å². The molecule has 1 aliphatic heterocycles. The molecule has 0 N–H and O–H groups in total. The van der Waals surface area contributed by atoms with Crippen LogP contribution in [0.4, 0.5) is 4.79 Å². The summed E-state index contributed by atoms with van der Waals surface area (Å²) in [7, 11) is 0. The van der Waals surface area contributed by atoms with E-state index < -0.39 is 0 Å². The van der Waals surface area contributed by atoms with E-state index in [1.165, 1.54) is 10.5 Å². The van der Waals surface area contributed by atoms with Crippen molar-refractivity contribution < 1.29 is 23.8 Å². The van der Waals surface area contributed by atoms with Crippen molar-refractivity contribution in [1.82, 2.24) is 4.90 Å².